The zero-order valence-corrected chi connectivity index (χ0v) is 13.1. The molecule has 1 atom stereocenters. The van der Waals surface area contributed by atoms with Crippen molar-refractivity contribution in [1.29, 1.82) is 0 Å². The number of hydrogen-bond donors (Lipinski definition) is 2. The Hall–Kier alpha value is -1.85. The average molecular weight is 304 g/mol. The molecule has 2 N–H and O–H groups in total. The van der Waals surface area contributed by atoms with Crippen molar-refractivity contribution in [3.8, 4) is 0 Å². The van der Waals surface area contributed by atoms with Crippen molar-refractivity contribution in [2.45, 2.75) is 19.4 Å². The van der Waals surface area contributed by atoms with Crippen molar-refractivity contribution in [3.05, 3.63) is 52.2 Å². The van der Waals surface area contributed by atoms with Crippen LogP contribution in [0.2, 0.25) is 0 Å². The molecule has 5 heteroatoms. The van der Waals surface area contributed by atoms with Gasteiger partial charge in [-0.25, -0.2) is 4.79 Å². The molecule has 2 aromatic rings. The van der Waals surface area contributed by atoms with Crippen LogP contribution >= 0.6 is 11.3 Å². The molecule has 21 heavy (non-hydrogen) atoms. The first-order chi connectivity index (χ1) is 10.1. The van der Waals surface area contributed by atoms with Crippen molar-refractivity contribution in [2.75, 3.05) is 18.9 Å². The summed E-state index contributed by atoms with van der Waals surface area (Å²) >= 11 is 1.70. The van der Waals surface area contributed by atoms with Gasteiger partial charge in [-0.15, -0.1) is 11.3 Å². The third-order valence-electron chi connectivity index (χ3n) is 3.24. The second-order valence-electron chi connectivity index (χ2n) is 4.98. The van der Waals surface area contributed by atoms with Crippen molar-refractivity contribution >= 4 is 23.1 Å². The van der Waals surface area contributed by atoms with E-state index in [2.05, 4.69) is 11.4 Å². The number of carbonyl (C=O) groups is 1. The summed E-state index contributed by atoms with van der Waals surface area (Å²) in [6.07, 6.45) is 0.313. The number of urea groups is 1. The summed E-state index contributed by atoms with van der Waals surface area (Å²) in [4.78, 5) is 15.0. The maximum absolute atomic E-state index is 12.1. The van der Waals surface area contributed by atoms with Gasteiger partial charge >= 0.3 is 6.03 Å². The Labute approximate surface area is 129 Å². The van der Waals surface area contributed by atoms with Gasteiger partial charge < -0.3 is 15.3 Å². The minimum atomic E-state index is -0.543. The number of nitrogens with one attached hydrogen (secondary N) is 1. The first-order valence-electron chi connectivity index (χ1n) is 6.89. The van der Waals surface area contributed by atoms with Crippen LogP contribution in [0.4, 0.5) is 10.5 Å². The van der Waals surface area contributed by atoms with Crippen LogP contribution in [-0.4, -0.2) is 29.6 Å². The van der Waals surface area contributed by atoms with Crippen LogP contribution in [-0.2, 0) is 6.42 Å². The molecule has 0 aliphatic heterocycles. The quantitative estimate of drug-likeness (QED) is 0.888. The van der Waals surface area contributed by atoms with Crippen LogP contribution in [0, 0.1) is 0 Å². The molecule has 0 radical (unpaired) electrons. The molecule has 1 unspecified atom stereocenters. The number of nitrogens with zero attached hydrogens (tertiary/aromatic N) is 1. The molecule has 0 fully saturated rings. The van der Waals surface area contributed by atoms with Crippen molar-refractivity contribution in [1.82, 2.24) is 4.90 Å². The lowest BCUT2D eigenvalue weighted by Gasteiger charge is -2.18. The Bertz CT molecular complexity index is 582. The number of aliphatic hydroxyl groups excluding tert-OH is 1. The molecule has 0 saturated carbocycles. The number of likely N-dealkylation sites (N-methyl/N-ethyl adjacent to an activating group) is 1. The fourth-order valence-electron chi connectivity index (χ4n) is 1.93. The normalized spacial score (nSPS) is 12.0. The number of thiophene rings is 1. The van der Waals surface area contributed by atoms with Gasteiger partial charge in [-0.2, -0.15) is 0 Å². The third kappa shape index (κ3) is 4.58. The van der Waals surface area contributed by atoms with Gasteiger partial charge in [-0.1, -0.05) is 18.2 Å². The number of hydrogen-bond acceptors (Lipinski definition) is 3. The number of rotatable bonds is 5. The molecule has 2 amide bonds. The fraction of sp³-hybridized carbons (Fsp3) is 0.312. The van der Waals surface area contributed by atoms with Gasteiger partial charge in [-0.3, -0.25) is 0 Å². The van der Waals surface area contributed by atoms with Gasteiger partial charge in [0.25, 0.3) is 0 Å². The molecule has 2 rings (SSSR count). The predicted molar refractivity (Wildman–Crippen MR) is 86.7 cm³/mol. The molecule has 0 saturated heterocycles. The Morgan fingerprint density at radius 3 is 2.86 bits per heavy atom. The van der Waals surface area contributed by atoms with E-state index in [1.54, 1.807) is 36.3 Å². The molecular formula is C16H20N2O2S. The van der Waals surface area contributed by atoms with E-state index in [0.29, 0.717) is 12.2 Å². The van der Waals surface area contributed by atoms with Crippen molar-refractivity contribution in [3.63, 3.8) is 0 Å². The molecule has 1 aromatic heterocycles. The number of carbonyl (C=O) groups excluding carboxylic acids is 1. The second-order valence-corrected chi connectivity index (χ2v) is 6.01. The molecule has 1 heterocycles. The SMILES string of the molecule is CC(O)c1cccc(NC(=O)N(C)CCc2cccs2)c1. The Kier molecular flexibility index (Phi) is 5.36. The van der Waals surface area contributed by atoms with Gasteiger partial charge in [0.15, 0.2) is 0 Å². The lowest BCUT2D eigenvalue weighted by molar-refractivity contribution is 0.199. The average Bonchev–Trinajstić information content (AvgIpc) is 2.98. The van der Waals surface area contributed by atoms with E-state index in [9.17, 15) is 9.90 Å². The highest BCUT2D eigenvalue weighted by atomic mass is 32.1. The maximum atomic E-state index is 12.1. The number of aliphatic hydroxyl groups is 1. The molecule has 1 aromatic carbocycles. The van der Waals surface area contributed by atoms with E-state index in [-0.39, 0.29) is 6.03 Å². The molecule has 4 nitrogen and oxygen atoms in total. The summed E-state index contributed by atoms with van der Waals surface area (Å²) in [7, 11) is 1.78. The van der Waals surface area contributed by atoms with Crippen LogP contribution in [0.3, 0.4) is 0 Å². The molecular weight excluding hydrogens is 284 g/mol. The Morgan fingerprint density at radius 2 is 2.19 bits per heavy atom. The van der Waals surface area contributed by atoms with Crippen LogP contribution in [0.25, 0.3) is 0 Å². The van der Waals surface area contributed by atoms with E-state index in [4.69, 9.17) is 0 Å². The molecule has 0 spiro atoms. The van der Waals surface area contributed by atoms with E-state index >= 15 is 0 Å². The van der Waals surface area contributed by atoms with Gasteiger partial charge in [0, 0.05) is 24.2 Å². The van der Waals surface area contributed by atoms with Crippen LogP contribution in [0.5, 0.6) is 0 Å². The fourth-order valence-corrected chi connectivity index (χ4v) is 2.63. The summed E-state index contributed by atoms with van der Waals surface area (Å²) in [6, 6.07) is 11.2. The summed E-state index contributed by atoms with van der Waals surface area (Å²) < 4.78 is 0. The monoisotopic (exact) mass is 304 g/mol. The number of anilines is 1. The van der Waals surface area contributed by atoms with Gasteiger partial charge in [-0.05, 0) is 42.5 Å². The van der Waals surface area contributed by atoms with E-state index in [1.165, 1.54) is 4.88 Å². The van der Waals surface area contributed by atoms with Gasteiger partial charge in [0.1, 0.15) is 0 Å². The van der Waals surface area contributed by atoms with E-state index in [1.807, 2.05) is 29.6 Å². The molecule has 0 bridgehead atoms. The van der Waals surface area contributed by atoms with E-state index < -0.39 is 6.10 Å². The Morgan fingerprint density at radius 1 is 1.38 bits per heavy atom. The smallest absolute Gasteiger partial charge is 0.321 e. The molecule has 0 aliphatic carbocycles. The van der Waals surface area contributed by atoms with Gasteiger partial charge in [0.05, 0.1) is 6.10 Å². The first kappa shape index (κ1) is 15.5. The minimum Gasteiger partial charge on any atom is -0.389 e. The summed E-state index contributed by atoms with van der Waals surface area (Å²) in [5.74, 6) is 0. The van der Waals surface area contributed by atoms with Gasteiger partial charge in [0.2, 0.25) is 0 Å². The summed E-state index contributed by atoms with van der Waals surface area (Å²) in [6.45, 7) is 2.37. The topological polar surface area (TPSA) is 52.6 Å². The minimum absolute atomic E-state index is 0.144. The largest absolute Gasteiger partial charge is 0.389 e. The zero-order valence-electron chi connectivity index (χ0n) is 12.2. The van der Waals surface area contributed by atoms with E-state index in [0.717, 1.165) is 12.0 Å². The van der Waals surface area contributed by atoms with Crippen molar-refractivity contribution in [2.24, 2.45) is 0 Å². The third-order valence-corrected chi connectivity index (χ3v) is 4.18. The molecule has 0 aliphatic rings. The highest BCUT2D eigenvalue weighted by Gasteiger charge is 2.10. The Balaban J connectivity index is 1.89. The van der Waals surface area contributed by atoms with Crippen molar-refractivity contribution < 1.29 is 9.90 Å². The standard InChI is InChI=1S/C16H20N2O2S/c1-12(19)13-5-3-6-14(11-13)17-16(20)18(2)9-8-15-7-4-10-21-15/h3-7,10-12,19H,8-9H2,1-2H3,(H,17,20). The predicted octanol–water partition coefficient (Wildman–Crippen LogP) is 3.51. The zero-order chi connectivity index (χ0) is 15.2. The van der Waals surface area contributed by atoms with Crippen LogP contribution < -0.4 is 5.32 Å². The highest BCUT2D eigenvalue weighted by molar-refractivity contribution is 7.09. The summed E-state index contributed by atoms with van der Waals surface area (Å²) in [5, 5.41) is 14.4. The maximum Gasteiger partial charge on any atom is 0.321 e. The lowest BCUT2D eigenvalue weighted by Crippen LogP contribution is -2.32. The second kappa shape index (κ2) is 7.24. The first-order valence-corrected chi connectivity index (χ1v) is 7.77. The molecule has 112 valence electrons. The highest BCUT2D eigenvalue weighted by Crippen LogP contribution is 2.17. The van der Waals surface area contributed by atoms with Crippen LogP contribution in [0.1, 0.15) is 23.5 Å². The number of amides is 2. The van der Waals surface area contributed by atoms with Crippen LogP contribution in [0.15, 0.2) is 41.8 Å². The lowest BCUT2D eigenvalue weighted by atomic mass is 10.1. The number of benzene rings is 1. The summed E-state index contributed by atoms with van der Waals surface area (Å²) in [5.41, 5.74) is 1.48.